The van der Waals surface area contributed by atoms with E-state index in [0.29, 0.717) is 12.8 Å². The van der Waals surface area contributed by atoms with Crippen molar-refractivity contribution in [1.29, 1.82) is 0 Å². The van der Waals surface area contributed by atoms with Crippen LogP contribution in [0.4, 0.5) is 22.0 Å². The SMILES string of the molecule is C=CCCCCCCC(CCCCCCC(F)(F)C(F)(F)F)(C(=O)O)C(=O)O. The minimum absolute atomic E-state index is 0.0437. The quantitative estimate of drug-likeness (QED) is 0.136. The maximum Gasteiger partial charge on any atom is 0.453 e. The summed E-state index contributed by atoms with van der Waals surface area (Å²) in [4.78, 5) is 23.1. The van der Waals surface area contributed by atoms with Crippen molar-refractivity contribution in [2.24, 2.45) is 5.41 Å². The number of allylic oxidation sites excluding steroid dienone is 1. The van der Waals surface area contributed by atoms with E-state index in [1.54, 1.807) is 6.08 Å². The van der Waals surface area contributed by atoms with E-state index >= 15 is 0 Å². The molecule has 0 heterocycles. The molecule has 164 valence electrons. The van der Waals surface area contributed by atoms with Gasteiger partial charge in [-0.2, -0.15) is 22.0 Å². The fourth-order valence-corrected chi connectivity index (χ4v) is 2.98. The fourth-order valence-electron chi connectivity index (χ4n) is 2.98. The highest BCUT2D eigenvalue weighted by atomic mass is 19.4. The number of carbonyl (C=O) groups is 2. The average molecular weight is 416 g/mol. The van der Waals surface area contributed by atoms with E-state index in [0.717, 1.165) is 19.3 Å². The largest absolute Gasteiger partial charge is 0.480 e. The number of carboxylic acid groups (broad SMARTS) is 2. The average Bonchev–Trinajstić information content (AvgIpc) is 2.57. The standard InChI is InChI=1S/C19H29F5O4/c1-2-3-4-5-6-9-12-17(15(25)26,16(27)28)13-10-7-8-11-14-18(20,21)19(22,23)24/h2H,1,3-14H2,(H,25,26)(H,27,28). The van der Waals surface area contributed by atoms with E-state index in [9.17, 15) is 41.8 Å². The Kier molecular flexibility index (Phi) is 11.3. The lowest BCUT2D eigenvalue weighted by atomic mass is 9.78. The molecule has 0 rings (SSSR count). The van der Waals surface area contributed by atoms with Gasteiger partial charge in [0, 0.05) is 6.42 Å². The molecule has 0 amide bonds. The summed E-state index contributed by atoms with van der Waals surface area (Å²) in [6.45, 7) is 3.59. The Morgan fingerprint density at radius 2 is 1.11 bits per heavy atom. The molecule has 9 heteroatoms. The predicted molar refractivity (Wildman–Crippen MR) is 94.3 cm³/mol. The van der Waals surface area contributed by atoms with Crippen LogP contribution < -0.4 is 0 Å². The molecular weight excluding hydrogens is 387 g/mol. The van der Waals surface area contributed by atoms with Crippen molar-refractivity contribution in [2.45, 2.75) is 89.1 Å². The Hall–Kier alpha value is -1.67. The van der Waals surface area contributed by atoms with E-state index in [4.69, 9.17) is 0 Å². The minimum atomic E-state index is -5.58. The molecule has 0 atom stereocenters. The molecule has 0 spiro atoms. The Morgan fingerprint density at radius 3 is 1.46 bits per heavy atom. The van der Waals surface area contributed by atoms with Crippen molar-refractivity contribution in [2.75, 3.05) is 0 Å². The Bertz CT molecular complexity index is 489. The first-order valence-corrected chi connectivity index (χ1v) is 9.43. The number of halogens is 5. The smallest absolute Gasteiger partial charge is 0.453 e. The zero-order chi connectivity index (χ0) is 21.8. The zero-order valence-electron chi connectivity index (χ0n) is 15.9. The van der Waals surface area contributed by atoms with Gasteiger partial charge in [0.1, 0.15) is 0 Å². The third kappa shape index (κ3) is 8.56. The van der Waals surface area contributed by atoms with Gasteiger partial charge in [0.25, 0.3) is 0 Å². The first kappa shape index (κ1) is 26.3. The van der Waals surface area contributed by atoms with Crippen LogP contribution in [0.3, 0.4) is 0 Å². The van der Waals surface area contributed by atoms with Crippen LogP contribution in [-0.4, -0.2) is 34.3 Å². The first-order chi connectivity index (χ1) is 12.9. The molecule has 4 nitrogen and oxygen atoms in total. The van der Waals surface area contributed by atoms with Crippen LogP contribution in [-0.2, 0) is 9.59 Å². The first-order valence-electron chi connectivity index (χ1n) is 9.43. The molecule has 0 aromatic rings. The summed E-state index contributed by atoms with van der Waals surface area (Å²) in [6.07, 6.45) is -1.72. The number of alkyl halides is 5. The van der Waals surface area contributed by atoms with Crippen LogP contribution in [0.2, 0.25) is 0 Å². The van der Waals surface area contributed by atoms with Crippen molar-refractivity contribution >= 4 is 11.9 Å². The number of hydrogen-bond donors (Lipinski definition) is 2. The summed E-state index contributed by atoms with van der Waals surface area (Å²) in [5.41, 5.74) is -1.95. The molecule has 0 saturated carbocycles. The highest BCUT2D eigenvalue weighted by Gasteiger charge is 2.56. The van der Waals surface area contributed by atoms with Crippen LogP contribution in [0.5, 0.6) is 0 Å². The van der Waals surface area contributed by atoms with E-state index in [-0.39, 0.29) is 38.5 Å². The van der Waals surface area contributed by atoms with Crippen molar-refractivity contribution < 1.29 is 41.8 Å². The second-order valence-corrected chi connectivity index (χ2v) is 7.05. The lowest BCUT2D eigenvalue weighted by Gasteiger charge is -2.25. The van der Waals surface area contributed by atoms with Crippen molar-refractivity contribution in [1.82, 2.24) is 0 Å². The summed E-state index contributed by atoms with van der Waals surface area (Å²) in [5, 5.41) is 18.8. The molecule has 0 aliphatic heterocycles. The number of aliphatic carboxylic acids is 2. The molecule has 0 aliphatic carbocycles. The van der Waals surface area contributed by atoms with Gasteiger partial charge in [-0.25, -0.2) is 0 Å². The second-order valence-electron chi connectivity index (χ2n) is 7.05. The Morgan fingerprint density at radius 1 is 0.714 bits per heavy atom. The third-order valence-electron chi connectivity index (χ3n) is 4.84. The van der Waals surface area contributed by atoms with Gasteiger partial charge in [-0.15, -0.1) is 6.58 Å². The van der Waals surface area contributed by atoms with E-state index in [2.05, 4.69) is 6.58 Å². The van der Waals surface area contributed by atoms with Crippen molar-refractivity contribution in [3.8, 4) is 0 Å². The van der Waals surface area contributed by atoms with Crippen LogP contribution in [0.1, 0.15) is 77.0 Å². The predicted octanol–water partition coefficient (Wildman–Crippen LogP) is 6.21. The normalized spacial score (nSPS) is 12.8. The highest BCUT2D eigenvalue weighted by molar-refractivity contribution is 5.98. The summed E-state index contributed by atoms with van der Waals surface area (Å²) >= 11 is 0. The zero-order valence-corrected chi connectivity index (χ0v) is 15.9. The number of unbranched alkanes of at least 4 members (excludes halogenated alkanes) is 7. The van der Waals surface area contributed by atoms with Gasteiger partial charge in [0.15, 0.2) is 5.41 Å². The lowest BCUT2D eigenvalue weighted by Crippen LogP contribution is -2.39. The van der Waals surface area contributed by atoms with Gasteiger partial charge in [-0.05, 0) is 32.1 Å². The molecule has 0 saturated heterocycles. The maximum absolute atomic E-state index is 12.8. The Balaban J connectivity index is 4.45. The summed E-state index contributed by atoms with van der Waals surface area (Å²) in [6, 6.07) is 0. The molecule has 0 radical (unpaired) electrons. The summed E-state index contributed by atoms with van der Waals surface area (Å²) in [5.74, 6) is -7.64. The van der Waals surface area contributed by atoms with E-state index < -0.39 is 35.9 Å². The van der Waals surface area contributed by atoms with Crippen LogP contribution in [0, 0.1) is 5.41 Å². The molecule has 28 heavy (non-hydrogen) atoms. The monoisotopic (exact) mass is 416 g/mol. The van der Waals surface area contributed by atoms with Crippen LogP contribution >= 0.6 is 0 Å². The van der Waals surface area contributed by atoms with Crippen molar-refractivity contribution in [3.05, 3.63) is 12.7 Å². The van der Waals surface area contributed by atoms with Crippen LogP contribution in [0.15, 0.2) is 12.7 Å². The number of carboxylic acids is 2. The Labute approximate surface area is 161 Å². The molecule has 0 bridgehead atoms. The van der Waals surface area contributed by atoms with Crippen molar-refractivity contribution in [3.63, 3.8) is 0 Å². The topological polar surface area (TPSA) is 74.6 Å². The van der Waals surface area contributed by atoms with E-state index in [1.165, 1.54) is 0 Å². The molecule has 0 unspecified atom stereocenters. The summed E-state index contributed by atoms with van der Waals surface area (Å²) in [7, 11) is 0. The maximum atomic E-state index is 12.8. The van der Waals surface area contributed by atoms with Gasteiger partial charge in [-0.3, -0.25) is 9.59 Å². The molecule has 0 aliphatic rings. The highest BCUT2D eigenvalue weighted by Crippen LogP contribution is 2.39. The van der Waals surface area contributed by atoms with Gasteiger partial charge < -0.3 is 10.2 Å². The third-order valence-corrected chi connectivity index (χ3v) is 4.84. The number of rotatable bonds is 16. The molecule has 2 N–H and O–H groups in total. The van der Waals surface area contributed by atoms with Crippen LogP contribution in [0.25, 0.3) is 0 Å². The molecule has 0 fully saturated rings. The van der Waals surface area contributed by atoms with E-state index in [1.807, 2.05) is 0 Å². The van der Waals surface area contributed by atoms with Gasteiger partial charge in [0.05, 0.1) is 0 Å². The molecular formula is C19H29F5O4. The lowest BCUT2D eigenvalue weighted by molar-refractivity contribution is -0.284. The summed E-state index contributed by atoms with van der Waals surface area (Å²) < 4.78 is 61.8. The molecule has 0 aromatic heterocycles. The molecule has 0 aromatic carbocycles. The van der Waals surface area contributed by atoms with Gasteiger partial charge in [0.2, 0.25) is 0 Å². The second kappa shape index (κ2) is 12.0. The van der Waals surface area contributed by atoms with Gasteiger partial charge in [-0.1, -0.05) is 44.6 Å². The number of hydrogen-bond acceptors (Lipinski definition) is 2. The minimum Gasteiger partial charge on any atom is -0.480 e. The van der Waals surface area contributed by atoms with Gasteiger partial charge >= 0.3 is 24.0 Å². The fraction of sp³-hybridized carbons (Fsp3) is 0.789.